The maximum atomic E-state index is 12.1. The van der Waals surface area contributed by atoms with Crippen LogP contribution in [0, 0.1) is 5.92 Å². The molecule has 2 N–H and O–H groups in total. The van der Waals surface area contributed by atoms with Crippen molar-refractivity contribution in [2.45, 2.75) is 71.1 Å². The second-order valence-electron chi connectivity index (χ2n) is 9.20. The molecule has 38 heavy (non-hydrogen) atoms. The van der Waals surface area contributed by atoms with Gasteiger partial charge in [0.1, 0.15) is 0 Å². The van der Waals surface area contributed by atoms with Gasteiger partial charge in [0.25, 0.3) is 0 Å². The summed E-state index contributed by atoms with van der Waals surface area (Å²) in [5, 5.41) is 11.6. The lowest BCUT2D eigenvalue weighted by Gasteiger charge is -2.31. The van der Waals surface area contributed by atoms with Gasteiger partial charge in [-0.15, -0.1) is 0 Å². The quantitative estimate of drug-likeness (QED) is 0.160. The number of carboxylic acid groups (broad SMARTS) is 1. The van der Waals surface area contributed by atoms with Gasteiger partial charge >= 0.3 is 5.97 Å². The molecule has 0 unspecified atom stereocenters. The van der Waals surface area contributed by atoms with Crippen LogP contribution in [0.1, 0.15) is 71.1 Å². The number of nitrogens with one attached hydrogen (secondary N) is 1. The third kappa shape index (κ3) is 18.8. The molecule has 0 atom stereocenters. The number of nitrogens with zero attached hydrogens (tertiary/aromatic N) is 1. The Balaban J connectivity index is 2.02. The van der Waals surface area contributed by atoms with E-state index in [2.05, 4.69) is 79.1 Å². The first kappa shape index (κ1) is 32.6. The van der Waals surface area contributed by atoms with Gasteiger partial charge in [0.2, 0.25) is 11.8 Å². The van der Waals surface area contributed by atoms with Gasteiger partial charge in [0.05, 0.1) is 0 Å². The minimum absolute atomic E-state index is 0.0485. The maximum absolute atomic E-state index is 12.1. The topological polar surface area (TPSA) is 86.7 Å². The molecule has 6 nitrogen and oxygen atoms in total. The van der Waals surface area contributed by atoms with E-state index in [0.29, 0.717) is 32.0 Å². The molecule has 1 saturated heterocycles. The third-order valence-corrected chi connectivity index (χ3v) is 6.02. The third-order valence-electron chi connectivity index (χ3n) is 6.02. The largest absolute Gasteiger partial charge is 0.478 e. The number of rotatable bonds is 18. The SMILES string of the molecule is CCC=CCC=CCC=CCC=CCC=CCC=CCCC(=O)NCC1CCN(C(=O)C=CC(=O)O)CC1. The van der Waals surface area contributed by atoms with E-state index in [1.54, 1.807) is 4.90 Å². The molecule has 0 saturated carbocycles. The van der Waals surface area contributed by atoms with E-state index in [1.807, 2.05) is 6.08 Å². The lowest BCUT2D eigenvalue weighted by molar-refractivity contribution is -0.132. The number of piperidine rings is 1. The zero-order chi connectivity index (χ0) is 27.7. The van der Waals surface area contributed by atoms with E-state index in [4.69, 9.17) is 5.11 Å². The Morgan fingerprint density at radius 2 is 1.21 bits per heavy atom. The molecule has 1 aliphatic heterocycles. The summed E-state index contributed by atoms with van der Waals surface area (Å²) in [5.74, 6) is -1.00. The number of carboxylic acids is 1. The molecule has 1 rings (SSSR count). The molecule has 1 heterocycles. The van der Waals surface area contributed by atoms with Crippen molar-refractivity contribution in [1.29, 1.82) is 0 Å². The molecule has 2 amide bonds. The maximum Gasteiger partial charge on any atom is 0.328 e. The highest BCUT2D eigenvalue weighted by atomic mass is 16.4. The first-order chi connectivity index (χ1) is 18.5. The number of aliphatic carboxylic acids is 1. The average molecular weight is 523 g/mol. The predicted octanol–water partition coefficient (Wildman–Crippen LogP) is 6.46. The Morgan fingerprint density at radius 3 is 1.68 bits per heavy atom. The summed E-state index contributed by atoms with van der Waals surface area (Å²) in [6.07, 6.45) is 36.6. The van der Waals surface area contributed by atoms with E-state index in [-0.39, 0.29) is 11.8 Å². The molecule has 0 aromatic carbocycles. The second-order valence-corrected chi connectivity index (χ2v) is 9.20. The zero-order valence-electron chi connectivity index (χ0n) is 23.0. The summed E-state index contributed by atoms with van der Waals surface area (Å²) in [6, 6.07) is 0. The van der Waals surface area contributed by atoms with Crippen molar-refractivity contribution >= 4 is 17.8 Å². The van der Waals surface area contributed by atoms with Crippen LogP contribution < -0.4 is 5.32 Å². The predicted molar refractivity (Wildman–Crippen MR) is 157 cm³/mol. The Bertz CT molecular complexity index is 885. The van der Waals surface area contributed by atoms with Gasteiger partial charge in [-0.1, -0.05) is 79.8 Å². The Labute approximate surface area is 229 Å². The lowest BCUT2D eigenvalue weighted by Crippen LogP contribution is -2.41. The first-order valence-electron chi connectivity index (χ1n) is 13.9. The normalized spacial score (nSPS) is 15.6. The number of hydrogen-bond donors (Lipinski definition) is 2. The Kier molecular flexibility index (Phi) is 19.5. The standard InChI is InChI=1S/C32H46N2O4/c1-2-3-4-5-6-7-8-9-10-11-12-13-14-15-16-17-18-19-20-21-30(35)33-28-29-24-26-34(27-25-29)31(36)22-23-32(37)38/h3-4,6-7,9-10,12-13,15-16,18-19,22-23,29H,2,5,8,11,14,17,20-21,24-28H2,1H3,(H,33,35)(H,37,38). The van der Waals surface area contributed by atoms with Crippen molar-refractivity contribution in [3.8, 4) is 0 Å². The summed E-state index contributed by atoms with van der Waals surface area (Å²) < 4.78 is 0. The summed E-state index contributed by atoms with van der Waals surface area (Å²) in [7, 11) is 0. The average Bonchev–Trinajstić information content (AvgIpc) is 2.92. The van der Waals surface area contributed by atoms with Crippen LogP contribution >= 0.6 is 0 Å². The van der Waals surface area contributed by atoms with Gasteiger partial charge in [0, 0.05) is 38.2 Å². The van der Waals surface area contributed by atoms with Gasteiger partial charge in [-0.2, -0.15) is 0 Å². The smallest absolute Gasteiger partial charge is 0.328 e. The van der Waals surface area contributed by atoms with Crippen LogP contribution in [0.15, 0.2) is 85.1 Å². The molecule has 0 bridgehead atoms. The van der Waals surface area contributed by atoms with Crippen molar-refractivity contribution in [1.82, 2.24) is 10.2 Å². The van der Waals surface area contributed by atoms with Gasteiger partial charge in [-0.05, 0) is 63.7 Å². The number of allylic oxidation sites excluding steroid dienone is 12. The van der Waals surface area contributed by atoms with E-state index in [0.717, 1.165) is 69.9 Å². The molecule has 1 aliphatic rings. The molecular formula is C32H46N2O4. The molecule has 1 fully saturated rings. The summed E-state index contributed by atoms with van der Waals surface area (Å²) in [5.41, 5.74) is 0. The highest BCUT2D eigenvalue weighted by Gasteiger charge is 2.21. The van der Waals surface area contributed by atoms with Crippen LogP contribution in [0.2, 0.25) is 0 Å². The van der Waals surface area contributed by atoms with Crippen molar-refractivity contribution in [2.24, 2.45) is 5.92 Å². The fraction of sp³-hybridized carbons (Fsp3) is 0.469. The number of likely N-dealkylation sites (tertiary alicyclic amines) is 1. The van der Waals surface area contributed by atoms with Crippen LogP contribution in [0.3, 0.4) is 0 Å². The minimum atomic E-state index is -1.13. The van der Waals surface area contributed by atoms with Crippen LogP contribution in [0.25, 0.3) is 0 Å². The van der Waals surface area contributed by atoms with E-state index in [1.165, 1.54) is 0 Å². The highest BCUT2D eigenvalue weighted by molar-refractivity contribution is 5.93. The van der Waals surface area contributed by atoms with Gasteiger partial charge in [-0.25, -0.2) is 4.79 Å². The van der Waals surface area contributed by atoms with E-state index < -0.39 is 5.97 Å². The molecule has 0 spiro atoms. The van der Waals surface area contributed by atoms with Crippen LogP contribution in [0.5, 0.6) is 0 Å². The van der Waals surface area contributed by atoms with Crippen LogP contribution in [-0.4, -0.2) is 47.4 Å². The van der Waals surface area contributed by atoms with Crippen LogP contribution in [0.4, 0.5) is 0 Å². The lowest BCUT2D eigenvalue weighted by atomic mass is 9.96. The van der Waals surface area contributed by atoms with E-state index in [9.17, 15) is 14.4 Å². The molecule has 0 radical (unpaired) electrons. The van der Waals surface area contributed by atoms with Crippen molar-refractivity contribution in [2.75, 3.05) is 19.6 Å². The zero-order valence-corrected chi connectivity index (χ0v) is 23.0. The fourth-order valence-electron chi connectivity index (χ4n) is 3.81. The minimum Gasteiger partial charge on any atom is -0.478 e. The first-order valence-corrected chi connectivity index (χ1v) is 13.9. The van der Waals surface area contributed by atoms with Crippen molar-refractivity contribution in [3.05, 3.63) is 85.1 Å². The summed E-state index contributed by atoms with van der Waals surface area (Å²) >= 11 is 0. The van der Waals surface area contributed by atoms with Gasteiger partial charge in [0.15, 0.2) is 0 Å². The summed E-state index contributed by atoms with van der Waals surface area (Å²) in [6.45, 7) is 3.94. The fourth-order valence-corrected chi connectivity index (χ4v) is 3.81. The Morgan fingerprint density at radius 1 is 0.737 bits per heavy atom. The van der Waals surface area contributed by atoms with Crippen molar-refractivity contribution in [3.63, 3.8) is 0 Å². The molecule has 0 aromatic heterocycles. The monoisotopic (exact) mass is 522 g/mol. The highest BCUT2D eigenvalue weighted by Crippen LogP contribution is 2.16. The molecule has 0 aromatic rings. The molecule has 208 valence electrons. The van der Waals surface area contributed by atoms with Gasteiger partial charge < -0.3 is 15.3 Å². The van der Waals surface area contributed by atoms with Gasteiger partial charge in [-0.3, -0.25) is 9.59 Å². The van der Waals surface area contributed by atoms with Crippen molar-refractivity contribution < 1.29 is 19.5 Å². The van der Waals surface area contributed by atoms with E-state index >= 15 is 0 Å². The molecule has 6 heteroatoms. The number of amides is 2. The van der Waals surface area contributed by atoms with Crippen LogP contribution in [-0.2, 0) is 14.4 Å². The Hall–Kier alpha value is -3.41. The molecule has 0 aliphatic carbocycles. The number of carbonyl (C=O) groups is 3. The number of hydrogen-bond acceptors (Lipinski definition) is 3. The summed E-state index contributed by atoms with van der Waals surface area (Å²) in [4.78, 5) is 36.2. The molecular weight excluding hydrogens is 476 g/mol. The number of carbonyl (C=O) groups excluding carboxylic acids is 2. The second kappa shape index (κ2) is 22.8.